The third-order valence-corrected chi connectivity index (χ3v) is 5.65. The monoisotopic (exact) mass is 367 g/mol. The summed E-state index contributed by atoms with van der Waals surface area (Å²) < 4.78 is 0. The lowest BCUT2D eigenvalue weighted by molar-refractivity contribution is 0.170. The lowest BCUT2D eigenvalue weighted by atomic mass is 9.82. The van der Waals surface area contributed by atoms with Crippen molar-refractivity contribution in [3.63, 3.8) is 0 Å². The molecule has 3 N–H and O–H groups in total. The molecular formula is C23H33N3O. The molecule has 4 nitrogen and oxygen atoms in total. The lowest BCUT2D eigenvalue weighted by Gasteiger charge is -2.32. The van der Waals surface area contributed by atoms with Gasteiger partial charge in [-0.05, 0) is 67.3 Å². The van der Waals surface area contributed by atoms with Crippen LogP contribution in [0.1, 0.15) is 36.8 Å². The molecule has 146 valence electrons. The number of hydrogen-bond donors (Lipinski definition) is 2. The summed E-state index contributed by atoms with van der Waals surface area (Å²) in [7, 11) is 1.63. The van der Waals surface area contributed by atoms with Gasteiger partial charge in [-0.15, -0.1) is 0 Å². The Balaban J connectivity index is 1.63. The molecule has 0 bridgehead atoms. The largest absolute Gasteiger partial charge is 0.330 e. The van der Waals surface area contributed by atoms with Crippen molar-refractivity contribution in [2.75, 3.05) is 25.7 Å². The molecule has 0 radical (unpaired) electrons. The third kappa shape index (κ3) is 6.35. The molecule has 27 heavy (non-hydrogen) atoms. The first-order chi connectivity index (χ1) is 13.3. The molecule has 4 heteroatoms. The molecule has 0 spiro atoms. The van der Waals surface area contributed by atoms with Gasteiger partial charge in [0.25, 0.3) is 0 Å². The first-order valence-corrected chi connectivity index (χ1v) is 10.1. The number of rotatable bonds is 9. The number of nitrogens with one attached hydrogen (secondary N) is 1. The number of anilines is 1. The van der Waals surface area contributed by atoms with Gasteiger partial charge in [0.1, 0.15) is 0 Å². The fourth-order valence-electron chi connectivity index (χ4n) is 4.10. The Labute approximate surface area is 163 Å². The molecule has 2 aromatic rings. The second-order valence-corrected chi connectivity index (χ2v) is 7.78. The third-order valence-electron chi connectivity index (χ3n) is 5.65. The van der Waals surface area contributed by atoms with E-state index in [1.54, 1.807) is 7.11 Å². The van der Waals surface area contributed by atoms with Crippen molar-refractivity contribution in [3.8, 4) is 0 Å². The smallest absolute Gasteiger partial charge is 0.0636 e. The highest BCUT2D eigenvalue weighted by Crippen LogP contribution is 2.29. The van der Waals surface area contributed by atoms with Gasteiger partial charge in [-0.2, -0.15) is 0 Å². The second-order valence-electron chi connectivity index (χ2n) is 7.78. The highest BCUT2D eigenvalue weighted by molar-refractivity contribution is 5.42. The zero-order chi connectivity index (χ0) is 18.9. The molecule has 0 atom stereocenters. The van der Waals surface area contributed by atoms with E-state index in [0.717, 1.165) is 43.7 Å². The molecule has 0 saturated heterocycles. The van der Waals surface area contributed by atoms with E-state index in [2.05, 4.69) is 65.0 Å². The van der Waals surface area contributed by atoms with Gasteiger partial charge in [0.2, 0.25) is 0 Å². The van der Waals surface area contributed by atoms with E-state index < -0.39 is 0 Å². The van der Waals surface area contributed by atoms with Crippen LogP contribution in [0.5, 0.6) is 0 Å². The maximum Gasteiger partial charge on any atom is 0.0636 e. The fraction of sp³-hybridized carbons (Fsp3) is 0.478. The predicted molar refractivity (Wildman–Crippen MR) is 112 cm³/mol. The highest BCUT2D eigenvalue weighted by Gasteiger charge is 2.22. The minimum atomic E-state index is 0.740. The van der Waals surface area contributed by atoms with Crippen molar-refractivity contribution in [3.05, 3.63) is 65.7 Å². The van der Waals surface area contributed by atoms with Crippen molar-refractivity contribution in [2.24, 2.45) is 17.6 Å². The maximum atomic E-state index is 5.86. The van der Waals surface area contributed by atoms with Crippen LogP contribution in [0.15, 0.2) is 54.6 Å². The molecule has 0 unspecified atom stereocenters. The summed E-state index contributed by atoms with van der Waals surface area (Å²) >= 11 is 0. The summed E-state index contributed by atoms with van der Waals surface area (Å²) in [5, 5.41) is 0. The summed E-state index contributed by atoms with van der Waals surface area (Å²) in [4.78, 5) is 7.58. The summed E-state index contributed by atoms with van der Waals surface area (Å²) in [6.07, 6.45) is 5.20. The van der Waals surface area contributed by atoms with Gasteiger partial charge in [0.05, 0.1) is 12.8 Å². The van der Waals surface area contributed by atoms with E-state index >= 15 is 0 Å². The van der Waals surface area contributed by atoms with Gasteiger partial charge in [-0.25, -0.2) is 0 Å². The Morgan fingerprint density at radius 2 is 1.48 bits per heavy atom. The van der Waals surface area contributed by atoms with Crippen molar-refractivity contribution in [1.82, 2.24) is 4.90 Å². The van der Waals surface area contributed by atoms with Crippen LogP contribution in [0.25, 0.3) is 0 Å². The normalized spacial score (nSPS) is 20.0. The van der Waals surface area contributed by atoms with Gasteiger partial charge in [-0.1, -0.05) is 42.5 Å². The van der Waals surface area contributed by atoms with Crippen molar-refractivity contribution in [1.29, 1.82) is 0 Å². The molecule has 1 aliphatic carbocycles. The Morgan fingerprint density at radius 1 is 0.889 bits per heavy atom. The van der Waals surface area contributed by atoms with Gasteiger partial charge in [0, 0.05) is 19.6 Å². The van der Waals surface area contributed by atoms with Crippen molar-refractivity contribution >= 4 is 5.69 Å². The van der Waals surface area contributed by atoms with Crippen LogP contribution < -0.4 is 11.2 Å². The van der Waals surface area contributed by atoms with Crippen LogP contribution in [-0.4, -0.2) is 25.1 Å². The first-order valence-electron chi connectivity index (χ1n) is 10.1. The quantitative estimate of drug-likeness (QED) is 0.644. The lowest BCUT2D eigenvalue weighted by Crippen LogP contribution is -2.32. The molecule has 3 rings (SSSR count). The minimum absolute atomic E-state index is 0.740. The number of hydrogen-bond acceptors (Lipinski definition) is 4. The molecule has 2 aromatic carbocycles. The Morgan fingerprint density at radius 3 is 2.07 bits per heavy atom. The first kappa shape index (κ1) is 19.9. The molecule has 1 fully saturated rings. The standard InChI is InChI=1S/C23H33N3O/c1-27-25-23-13-11-22(12-14-23)18-26(16-20-5-3-2-4-6-20)17-21-9-7-19(15-24)8-10-21/h2-6,11-14,19,21,25H,7-10,15-18,24H2,1H3. The average molecular weight is 368 g/mol. The Kier molecular flexibility index (Phi) is 7.69. The number of nitrogens with two attached hydrogens (primary N) is 1. The molecule has 0 aromatic heterocycles. The van der Waals surface area contributed by atoms with Crippen LogP contribution in [-0.2, 0) is 17.9 Å². The van der Waals surface area contributed by atoms with E-state index in [9.17, 15) is 0 Å². The van der Waals surface area contributed by atoms with Gasteiger partial charge < -0.3 is 5.73 Å². The topological polar surface area (TPSA) is 50.5 Å². The Bertz CT molecular complexity index is 651. The minimum Gasteiger partial charge on any atom is -0.330 e. The summed E-state index contributed by atoms with van der Waals surface area (Å²) in [5.41, 5.74) is 12.4. The molecule has 1 aliphatic rings. The molecular weight excluding hydrogens is 334 g/mol. The van der Waals surface area contributed by atoms with E-state index in [0.29, 0.717) is 0 Å². The zero-order valence-electron chi connectivity index (χ0n) is 16.4. The van der Waals surface area contributed by atoms with Gasteiger partial charge in [-0.3, -0.25) is 15.2 Å². The van der Waals surface area contributed by atoms with Crippen LogP contribution in [0.4, 0.5) is 5.69 Å². The molecule has 0 amide bonds. The van der Waals surface area contributed by atoms with E-state index in [1.165, 1.54) is 36.8 Å². The van der Waals surface area contributed by atoms with Crippen LogP contribution in [0, 0.1) is 11.8 Å². The second kappa shape index (κ2) is 10.5. The van der Waals surface area contributed by atoms with E-state index in [-0.39, 0.29) is 0 Å². The SMILES string of the molecule is CONc1ccc(CN(Cc2ccccc2)CC2CCC(CN)CC2)cc1. The van der Waals surface area contributed by atoms with E-state index in [4.69, 9.17) is 10.6 Å². The van der Waals surface area contributed by atoms with E-state index in [1.807, 2.05) is 0 Å². The highest BCUT2D eigenvalue weighted by atomic mass is 16.6. The zero-order valence-corrected chi connectivity index (χ0v) is 16.4. The molecule has 0 heterocycles. The van der Waals surface area contributed by atoms with Crippen LogP contribution in [0.3, 0.4) is 0 Å². The van der Waals surface area contributed by atoms with Crippen molar-refractivity contribution < 1.29 is 4.84 Å². The average Bonchev–Trinajstić information content (AvgIpc) is 2.71. The fourth-order valence-corrected chi connectivity index (χ4v) is 4.10. The molecule has 0 aliphatic heterocycles. The van der Waals surface area contributed by atoms with Gasteiger partial charge >= 0.3 is 0 Å². The van der Waals surface area contributed by atoms with Crippen LogP contribution in [0.2, 0.25) is 0 Å². The summed E-state index contributed by atoms with van der Waals surface area (Å²) in [6.45, 7) is 3.97. The maximum absolute atomic E-state index is 5.86. The van der Waals surface area contributed by atoms with Gasteiger partial charge in [0.15, 0.2) is 0 Å². The Hall–Kier alpha value is -1.88. The predicted octanol–water partition coefficient (Wildman–Crippen LogP) is 4.43. The summed E-state index contributed by atoms with van der Waals surface area (Å²) in [5.74, 6) is 1.52. The number of nitrogens with zero attached hydrogens (tertiary/aromatic N) is 1. The number of benzene rings is 2. The molecule has 1 saturated carbocycles. The summed E-state index contributed by atoms with van der Waals surface area (Å²) in [6, 6.07) is 19.3. The van der Waals surface area contributed by atoms with Crippen molar-refractivity contribution in [2.45, 2.75) is 38.8 Å². The van der Waals surface area contributed by atoms with Crippen LogP contribution >= 0.6 is 0 Å².